The molecule has 10 rings (SSSR count). The Hall–Kier alpha value is -6.39. The summed E-state index contributed by atoms with van der Waals surface area (Å²) in [5.41, 5.74) is 11.6. The molecular weight excluding hydrogens is 609 g/mol. The molecule has 1 aliphatic carbocycles. The van der Waals surface area contributed by atoms with Crippen molar-refractivity contribution in [3.8, 4) is 51.0 Å². The standard InChI is InChI=1S/C46H32N4/c1-46(2)38-21-10-8-19-35(38)36-25-26-40-41(42(36)46)37-20-9-11-22-39(37)50(40)34-18-12-17-32(28-34)44-47-43(30-14-4-3-5-15-30)48-45(49-44)33-24-23-29-13-6-7-16-31(29)27-33/h3-28H,1-2H3. The molecule has 50 heavy (non-hydrogen) atoms. The van der Waals surface area contributed by atoms with Crippen LogP contribution in [-0.4, -0.2) is 19.5 Å². The zero-order valence-electron chi connectivity index (χ0n) is 27.8. The number of para-hydroxylation sites is 1. The lowest BCUT2D eigenvalue weighted by Crippen LogP contribution is -2.15. The molecule has 0 bridgehead atoms. The highest BCUT2D eigenvalue weighted by molar-refractivity contribution is 6.14. The molecule has 7 aromatic carbocycles. The summed E-state index contributed by atoms with van der Waals surface area (Å²) in [6.45, 7) is 4.73. The van der Waals surface area contributed by atoms with E-state index in [2.05, 4.69) is 158 Å². The fourth-order valence-electron chi connectivity index (χ4n) is 8.07. The zero-order valence-corrected chi connectivity index (χ0v) is 27.8. The van der Waals surface area contributed by atoms with E-state index in [9.17, 15) is 0 Å². The van der Waals surface area contributed by atoms with Crippen molar-refractivity contribution in [1.82, 2.24) is 19.5 Å². The highest BCUT2D eigenvalue weighted by atomic mass is 15.0. The van der Waals surface area contributed by atoms with E-state index in [1.54, 1.807) is 0 Å². The summed E-state index contributed by atoms with van der Waals surface area (Å²) in [4.78, 5) is 15.2. The van der Waals surface area contributed by atoms with Crippen LogP contribution in [0.15, 0.2) is 158 Å². The maximum absolute atomic E-state index is 5.11. The van der Waals surface area contributed by atoms with Crippen LogP contribution in [0.25, 0.3) is 83.6 Å². The van der Waals surface area contributed by atoms with Gasteiger partial charge in [-0.1, -0.05) is 141 Å². The smallest absolute Gasteiger partial charge is 0.164 e. The predicted molar refractivity (Wildman–Crippen MR) is 206 cm³/mol. The van der Waals surface area contributed by atoms with Crippen LogP contribution < -0.4 is 0 Å². The molecule has 0 saturated heterocycles. The first-order chi connectivity index (χ1) is 24.5. The lowest BCUT2D eigenvalue weighted by molar-refractivity contribution is 0.666. The van der Waals surface area contributed by atoms with Gasteiger partial charge in [-0.05, 0) is 63.4 Å². The number of fused-ring (bicyclic) bond motifs is 8. The molecule has 0 fully saturated rings. The number of hydrogen-bond donors (Lipinski definition) is 0. The van der Waals surface area contributed by atoms with E-state index < -0.39 is 0 Å². The third-order valence-corrected chi connectivity index (χ3v) is 10.4. The first kappa shape index (κ1) is 28.6. The monoisotopic (exact) mass is 640 g/mol. The van der Waals surface area contributed by atoms with Crippen LogP contribution in [0.1, 0.15) is 25.0 Å². The van der Waals surface area contributed by atoms with Gasteiger partial charge < -0.3 is 4.57 Å². The minimum absolute atomic E-state index is 0.125. The number of benzene rings is 7. The molecule has 0 N–H and O–H groups in total. The highest BCUT2D eigenvalue weighted by Gasteiger charge is 2.38. The van der Waals surface area contributed by atoms with Crippen LogP contribution in [0.2, 0.25) is 0 Å². The van der Waals surface area contributed by atoms with Crippen molar-refractivity contribution in [2.45, 2.75) is 19.3 Å². The van der Waals surface area contributed by atoms with Gasteiger partial charge in [0.15, 0.2) is 17.5 Å². The fraction of sp³-hybridized carbons (Fsp3) is 0.0652. The van der Waals surface area contributed by atoms with Gasteiger partial charge in [0.25, 0.3) is 0 Å². The molecule has 4 heteroatoms. The topological polar surface area (TPSA) is 43.6 Å². The van der Waals surface area contributed by atoms with Crippen LogP contribution in [0.3, 0.4) is 0 Å². The molecular formula is C46H32N4. The number of nitrogens with zero attached hydrogens (tertiary/aromatic N) is 4. The van der Waals surface area contributed by atoms with Gasteiger partial charge in [-0.3, -0.25) is 0 Å². The van der Waals surface area contributed by atoms with Crippen molar-refractivity contribution < 1.29 is 0 Å². The summed E-state index contributed by atoms with van der Waals surface area (Å²) in [6, 6.07) is 55.8. The lowest BCUT2D eigenvalue weighted by Gasteiger charge is -2.22. The molecule has 0 unspecified atom stereocenters. The molecule has 0 spiro atoms. The molecule has 0 saturated carbocycles. The van der Waals surface area contributed by atoms with Crippen LogP contribution >= 0.6 is 0 Å². The van der Waals surface area contributed by atoms with Crippen molar-refractivity contribution in [3.63, 3.8) is 0 Å². The van der Waals surface area contributed by atoms with E-state index in [-0.39, 0.29) is 5.41 Å². The summed E-state index contributed by atoms with van der Waals surface area (Å²) in [5.74, 6) is 1.94. The van der Waals surface area contributed by atoms with E-state index in [4.69, 9.17) is 15.0 Å². The first-order valence-electron chi connectivity index (χ1n) is 17.1. The maximum Gasteiger partial charge on any atom is 0.164 e. The molecule has 0 atom stereocenters. The summed E-state index contributed by atoms with van der Waals surface area (Å²) < 4.78 is 2.40. The van der Waals surface area contributed by atoms with Gasteiger partial charge in [0, 0.05) is 38.6 Å². The molecule has 4 nitrogen and oxygen atoms in total. The molecule has 0 radical (unpaired) electrons. The molecule has 1 aliphatic rings. The highest BCUT2D eigenvalue weighted by Crippen LogP contribution is 2.53. The second kappa shape index (κ2) is 10.8. The summed E-state index contributed by atoms with van der Waals surface area (Å²) in [7, 11) is 0. The molecule has 0 aliphatic heterocycles. The van der Waals surface area contributed by atoms with Crippen molar-refractivity contribution in [2.24, 2.45) is 0 Å². The average molecular weight is 641 g/mol. The molecule has 236 valence electrons. The maximum atomic E-state index is 5.11. The molecule has 9 aromatic rings. The van der Waals surface area contributed by atoms with Gasteiger partial charge in [-0.25, -0.2) is 15.0 Å². The van der Waals surface area contributed by atoms with Gasteiger partial charge in [0.1, 0.15) is 0 Å². The van der Waals surface area contributed by atoms with Gasteiger partial charge in [0.2, 0.25) is 0 Å². The normalized spacial score (nSPS) is 13.2. The molecule has 2 aromatic heterocycles. The molecule has 2 heterocycles. The average Bonchev–Trinajstić information content (AvgIpc) is 3.63. The second-order valence-corrected chi connectivity index (χ2v) is 13.7. The van der Waals surface area contributed by atoms with E-state index in [0.29, 0.717) is 17.5 Å². The second-order valence-electron chi connectivity index (χ2n) is 13.7. The fourth-order valence-corrected chi connectivity index (χ4v) is 8.07. The third kappa shape index (κ3) is 4.28. The number of hydrogen-bond acceptors (Lipinski definition) is 3. The summed E-state index contributed by atoms with van der Waals surface area (Å²) in [5, 5.41) is 4.91. The first-order valence-corrected chi connectivity index (χ1v) is 17.1. The summed E-state index contributed by atoms with van der Waals surface area (Å²) >= 11 is 0. The zero-order chi connectivity index (χ0) is 33.4. The Morgan fingerprint density at radius 3 is 1.96 bits per heavy atom. The van der Waals surface area contributed by atoms with Gasteiger partial charge in [-0.2, -0.15) is 0 Å². The quantitative estimate of drug-likeness (QED) is 0.192. The Labute approximate surface area is 290 Å². The molecule has 0 amide bonds. The van der Waals surface area contributed by atoms with Gasteiger partial charge in [-0.15, -0.1) is 0 Å². The Bertz CT molecular complexity index is 2790. The Kier molecular flexibility index (Phi) is 6.19. The van der Waals surface area contributed by atoms with Crippen LogP contribution in [0.4, 0.5) is 0 Å². The van der Waals surface area contributed by atoms with Gasteiger partial charge >= 0.3 is 0 Å². The van der Waals surface area contributed by atoms with Gasteiger partial charge in [0.05, 0.1) is 11.0 Å². The largest absolute Gasteiger partial charge is 0.309 e. The third-order valence-electron chi connectivity index (χ3n) is 10.4. The van der Waals surface area contributed by atoms with E-state index in [0.717, 1.165) is 27.8 Å². The van der Waals surface area contributed by atoms with Crippen molar-refractivity contribution >= 4 is 32.6 Å². The Balaban J connectivity index is 1.18. The van der Waals surface area contributed by atoms with Crippen molar-refractivity contribution in [1.29, 1.82) is 0 Å². The van der Waals surface area contributed by atoms with E-state index in [1.807, 2.05) is 18.2 Å². The predicted octanol–water partition coefficient (Wildman–Crippen LogP) is 11.4. The van der Waals surface area contributed by atoms with Crippen LogP contribution in [-0.2, 0) is 5.41 Å². The van der Waals surface area contributed by atoms with Crippen LogP contribution in [0.5, 0.6) is 0 Å². The number of aromatic nitrogens is 4. The summed E-state index contributed by atoms with van der Waals surface area (Å²) in [6.07, 6.45) is 0. The SMILES string of the molecule is CC1(C)c2ccccc2-c2ccc3c(c21)c1ccccc1n3-c1cccc(-c2nc(-c3ccccc3)nc(-c3ccc4ccccc4c3)n2)c1. The Morgan fingerprint density at radius 2 is 1.12 bits per heavy atom. The van der Waals surface area contributed by atoms with Crippen LogP contribution in [0, 0.1) is 0 Å². The number of rotatable bonds is 4. The van der Waals surface area contributed by atoms with Crippen molar-refractivity contribution in [2.75, 3.05) is 0 Å². The Morgan fingerprint density at radius 1 is 0.460 bits per heavy atom. The van der Waals surface area contributed by atoms with Crippen molar-refractivity contribution in [3.05, 3.63) is 169 Å². The van der Waals surface area contributed by atoms with E-state index >= 15 is 0 Å². The van der Waals surface area contributed by atoms with E-state index in [1.165, 1.54) is 49.4 Å². The minimum atomic E-state index is -0.125. The lowest BCUT2D eigenvalue weighted by atomic mass is 9.80. The minimum Gasteiger partial charge on any atom is -0.309 e.